The fourth-order valence-electron chi connectivity index (χ4n) is 3.22. The first-order valence-electron chi connectivity index (χ1n) is 8.68. The summed E-state index contributed by atoms with van der Waals surface area (Å²) in [4.78, 5) is 14.1. The zero-order valence-corrected chi connectivity index (χ0v) is 13.6. The van der Waals surface area contributed by atoms with Gasteiger partial charge >= 0.3 is 0 Å². The van der Waals surface area contributed by atoms with E-state index in [9.17, 15) is 4.79 Å². The molecule has 1 aliphatic carbocycles. The lowest BCUT2D eigenvalue weighted by atomic mass is 9.90. The molecule has 0 saturated heterocycles. The first-order chi connectivity index (χ1) is 9.66. The fourth-order valence-corrected chi connectivity index (χ4v) is 3.22. The monoisotopic (exact) mass is 282 g/mol. The summed E-state index contributed by atoms with van der Waals surface area (Å²) in [5, 5.41) is 0. The Morgan fingerprint density at radius 2 is 1.65 bits per heavy atom. The van der Waals surface area contributed by atoms with E-state index in [-0.39, 0.29) is 12.1 Å². The van der Waals surface area contributed by atoms with Crippen LogP contribution in [0.2, 0.25) is 0 Å². The largest absolute Gasteiger partial charge is 0.341 e. The van der Waals surface area contributed by atoms with Gasteiger partial charge in [0.1, 0.15) is 0 Å². The molecule has 20 heavy (non-hydrogen) atoms. The molecule has 1 fully saturated rings. The molecule has 3 nitrogen and oxygen atoms in total. The van der Waals surface area contributed by atoms with Crippen LogP contribution < -0.4 is 5.73 Å². The van der Waals surface area contributed by atoms with Gasteiger partial charge in [-0.05, 0) is 19.3 Å². The molecule has 3 heteroatoms. The van der Waals surface area contributed by atoms with Gasteiger partial charge in [0.05, 0.1) is 0 Å². The second-order valence-electron chi connectivity index (χ2n) is 6.39. The highest BCUT2D eigenvalue weighted by atomic mass is 16.2. The van der Waals surface area contributed by atoms with Gasteiger partial charge in [-0.15, -0.1) is 0 Å². The van der Waals surface area contributed by atoms with Crippen LogP contribution in [0.15, 0.2) is 0 Å². The van der Waals surface area contributed by atoms with E-state index in [1.807, 2.05) is 11.9 Å². The minimum absolute atomic E-state index is 0.187. The third-order valence-electron chi connectivity index (χ3n) is 4.67. The maximum atomic E-state index is 12.2. The predicted octanol–water partition coefficient (Wildman–Crippen LogP) is 3.86. The quantitative estimate of drug-likeness (QED) is 0.653. The lowest BCUT2D eigenvalue weighted by Crippen LogP contribution is -2.50. The van der Waals surface area contributed by atoms with Crippen LogP contribution in [0.5, 0.6) is 0 Å². The van der Waals surface area contributed by atoms with Crippen molar-refractivity contribution >= 4 is 5.91 Å². The Labute approximate surface area is 125 Å². The molecule has 2 atom stereocenters. The molecule has 0 aromatic rings. The zero-order valence-electron chi connectivity index (χ0n) is 13.6. The molecule has 0 spiro atoms. The third-order valence-corrected chi connectivity index (χ3v) is 4.67. The zero-order chi connectivity index (χ0) is 14.8. The number of nitrogens with two attached hydrogens (primary N) is 1. The van der Waals surface area contributed by atoms with Gasteiger partial charge in [-0.3, -0.25) is 4.79 Å². The SMILES string of the molecule is CCCCCCCCCC(=O)N(C)C1CCCCC1N. The van der Waals surface area contributed by atoms with Crippen LogP contribution in [0, 0.1) is 0 Å². The Morgan fingerprint density at radius 3 is 2.30 bits per heavy atom. The molecule has 1 saturated carbocycles. The summed E-state index contributed by atoms with van der Waals surface area (Å²) in [6, 6.07) is 0.465. The Kier molecular flexibility index (Phi) is 8.92. The summed E-state index contributed by atoms with van der Waals surface area (Å²) in [6.45, 7) is 2.24. The average molecular weight is 282 g/mol. The molecule has 1 rings (SSSR count). The lowest BCUT2D eigenvalue weighted by molar-refractivity contribution is -0.133. The fraction of sp³-hybridized carbons (Fsp3) is 0.941. The first kappa shape index (κ1) is 17.5. The molecule has 1 aliphatic rings. The maximum Gasteiger partial charge on any atom is 0.222 e. The first-order valence-corrected chi connectivity index (χ1v) is 8.68. The van der Waals surface area contributed by atoms with Crippen LogP contribution >= 0.6 is 0 Å². The lowest BCUT2D eigenvalue weighted by Gasteiger charge is -2.36. The Bertz CT molecular complexity index is 268. The number of likely N-dealkylation sites (N-methyl/N-ethyl adjacent to an activating group) is 1. The Balaban J connectivity index is 2.12. The van der Waals surface area contributed by atoms with Gasteiger partial charge in [0.15, 0.2) is 0 Å². The highest BCUT2D eigenvalue weighted by Gasteiger charge is 2.27. The van der Waals surface area contributed by atoms with Crippen LogP contribution in [0.4, 0.5) is 0 Å². The molecular formula is C17H34N2O. The minimum Gasteiger partial charge on any atom is -0.341 e. The van der Waals surface area contributed by atoms with Crippen LogP contribution in [-0.2, 0) is 4.79 Å². The third kappa shape index (κ3) is 6.25. The summed E-state index contributed by atoms with van der Waals surface area (Å²) in [5.74, 6) is 0.293. The van der Waals surface area contributed by atoms with Crippen molar-refractivity contribution in [1.82, 2.24) is 4.90 Å². The van der Waals surface area contributed by atoms with E-state index < -0.39 is 0 Å². The van der Waals surface area contributed by atoms with Gasteiger partial charge in [-0.1, -0.05) is 58.3 Å². The van der Waals surface area contributed by atoms with E-state index in [1.165, 1.54) is 51.4 Å². The molecule has 0 bridgehead atoms. The summed E-state index contributed by atoms with van der Waals surface area (Å²) in [6.07, 6.45) is 14.1. The molecule has 2 N–H and O–H groups in total. The van der Waals surface area contributed by atoms with Gasteiger partial charge in [0.25, 0.3) is 0 Å². The van der Waals surface area contributed by atoms with Crippen molar-refractivity contribution < 1.29 is 4.79 Å². The number of amides is 1. The van der Waals surface area contributed by atoms with Crippen molar-refractivity contribution in [2.24, 2.45) is 5.73 Å². The second-order valence-corrected chi connectivity index (χ2v) is 6.39. The van der Waals surface area contributed by atoms with Crippen molar-refractivity contribution in [2.75, 3.05) is 7.05 Å². The van der Waals surface area contributed by atoms with E-state index in [0.717, 1.165) is 19.3 Å². The number of carbonyl (C=O) groups is 1. The normalized spacial score (nSPS) is 22.8. The summed E-state index contributed by atoms with van der Waals surface area (Å²) in [7, 11) is 1.94. The second kappa shape index (κ2) is 10.2. The maximum absolute atomic E-state index is 12.2. The number of carbonyl (C=O) groups excluding carboxylic acids is 1. The molecule has 0 aliphatic heterocycles. The van der Waals surface area contributed by atoms with Crippen molar-refractivity contribution in [2.45, 2.75) is 96.1 Å². The van der Waals surface area contributed by atoms with Crippen LogP contribution in [0.1, 0.15) is 84.0 Å². The standard InChI is InChI=1S/C17H34N2O/c1-3-4-5-6-7-8-9-14-17(20)19(2)16-13-11-10-12-15(16)18/h15-16H,3-14,18H2,1-2H3. The minimum atomic E-state index is 0.187. The number of unbranched alkanes of at least 4 members (excludes halogenated alkanes) is 6. The van der Waals surface area contributed by atoms with Gasteiger partial charge in [0.2, 0.25) is 5.91 Å². The predicted molar refractivity (Wildman–Crippen MR) is 85.6 cm³/mol. The van der Waals surface area contributed by atoms with E-state index in [1.54, 1.807) is 0 Å². The van der Waals surface area contributed by atoms with Crippen molar-refractivity contribution in [1.29, 1.82) is 0 Å². The number of nitrogens with zero attached hydrogens (tertiary/aromatic N) is 1. The molecule has 118 valence electrons. The average Bonchev–Trinajstić information content (AvgIpc) is 2.46. The van der Waals surface area contributed by atoms with Crippen LogP contribution in [0.25, 0.3) is 0 Å². The highest BCUT2D eigenvalue weighted by molar-refractivity contribution is 5.76. The van der Waals surface area contributed by atoms with E-state index in [2.05, 4.69) is 6.92 Å². The molecule has 0 heterocycles. The summed E-state index contributed by atoms with van der Waals surface area (Å²) in [5.41, 5.74) is 6.15. The van der Waals surface area contributed by atoms with Gasteiger partial charge < -0.3 is 10.6 Å². The van der Waals surface area contributed by atoms with Crippen LogP contribution in [-0.4, -0.2) is 29.9 Å². The molecular weight excluding hydrogens is 248 g/mol. The van der Waals surface area contributed by atoms with Gasteiger partial charge in [-0.2, -0.15) is 0 Å². The Morgan fingerprint density at radius 1 is 1.05 bits per heavy atom. The molecule has 0 aromatic heterocycles. The topological polar surface area (TPSA) is 46.3 Å². The molecule has 0 radical (unpaired) electrons. The number of rotatable bonds is 9. The van der Waals surface area contributed by atoms with Gasteiger partial charge in [-0.25, -0.2) is 0 Å². The van der Waals surface area contributed by atoms with Crippen LogP contribution in [0.3, 0.4) is 0 Å². The highest BCUT2D eigenvalue weighted by Crippen LogP contribution is 2.22. The summed E-state index contributed by atoms with van der Waals surface area (Å²) >= 11 is 0. The van der Waals surface area contributed by atoms with Crippen molar-refractivity contribution in [3.05, 3.63) is 0 Å². The number of hydrogen-bond acceptors (Lipinski definition) is 2. The smallest absolute Gasteiger partial charge is 0.222 e. The van der Waals surface area contributed by atoms with Crippen molar-refractivity contribution in [3.8, 4) is 0 Å². The summed E-state index contributed by atoms with van der Waals surface area (Å²) < 4.78 is 0. The van der Waals surface area contributed by atoms with E-state index in [0.29, 0.717) is 12.3 Å². The Hall–Kier alpha value is -0.570. The van der Waals surface area contributed by atoms with E-state index >= 15 is 0 Å². The van der Waals surface area contributed by atoms with Crippen molar-refractivity contribution in [3.63, 3.8) is 0 Å². The van der Waals surface area contributed by atoms with Gasteiger partial charge in [0, 0.05) is 25.6 Å². The van der Waals surface area contributed by atoms with E-state index in [4.69, 9.17) is 5.73 Å². The molecule has 0 aromatic carbocycles. The molecule has 1 amide bonds. The molecule has 2 unspecified atom stereocenters. The number of hydrogen-bond donors (Lipinski definition) is 1.